The summed E-state index contributed by atoms with van der Waals surface area (Å²) in [5, 5.41) is 5.43. The summed E-state index contributed by atoms with van der Waals surface area (Å²) < 4.78 is 11.0. The first-order chi connectivity index (χ1) is 15.1. The van der Waals surface area contributed by atoms with E-state index in [9.17, 15) is 9.59 Å². The zero-order valence-electron chi connectivity index (χ0n) is 18.1. The number of nitrogens with one attached hydrogen (secondary N) is 2. The van der Waals surface area contributed by atoms with Gasteiger partial charge in [-0.1, -0.05) is 6.07 Å². The molecule has 0 radical (unpaired) electrons. The molecule has 31 heavy (non-hydrogen) atoms. The number of hydrogen-bond donors (Lipinski definition) is 2. The molecule has 1 aromatic carbocycles. The molecule has 1 saturated heterocycles. The van der Waals surface area contributed by atoms with Crippen LogP contribution in [-0.4, -0.2) is 49.6 Å². The van der Waals surface area contributed by atoms with Gasteiger partial charge in [0.2, 0.25) is 5.91 Å². The van der Waals surface area contributed by atoms with Crippen molar-refractivity contribution in [3.05, 3.63) is 47.7 Å². The van der Waals surface area contributed by atoms with Crippen LogP contribution in [0.1, 0.15) is 42.6 Å². The van der Waals surface area contributed by atoms with E-state index in [0.29, 0.717) is 36.8 Å². The fourth-order valence-corrected chi connectivity index (χ4v) is 3.37. The zero-order valence-corrected chi connectivity index (χ0v) is 18.1. The Kier molecular flexibility index (Phi) is 8.09. The lowest BCUT2D eigenvalue weighted by Gasteiger charge is -2.16. The highest BCUT2D eigenvalue weighted by molar-refractivity contribution is 5.97. The number of pyridine rings is 1. The summed E-state index contributed by atoms with van der Waals surface area (Å²) >= 11 is 0. The average Bonchev–Trinajstić information content (AvgIpc) is 3.33. The van der Waals surface area contributed by atoms with E-state index in [2.05, 4.69) is 20.5 Å². The summed E-state index contributed by atoms with van der Waals surface area (Å²) in [5.41, 5.74) is 1.32. The highest BCUT2D eigenvalue weighted by Gasteiger charge is 2.14. The summed E-state index contributed by atoms with van der Waals surface area (Å²) in [6.45, 7) is 7.04. The van der Waals surface area contributed by atoms with E-state index < -0.39 is 0 Å². The molecular formula is C23H30N4O4. The molecule has 2 amide bonds. The maximum atomic E-state index is 12.4. The Morgan fingerprint density at radius 3 is 2.42 bits per heavy atom. The third-order valence-electron chi connectivity index (χ3n) is 4.94. The van der Waals surface area contributed by atoms with Crippen LogP contribution >= 0.6 is 0 Å². The summed E-state index contributed by atoms with van der Waals surface area (Å²) in [4.78, 5) is 31.3. The number of carbonyl (C=O) groups is 2. The zero-order chi connectivity index (χ0) is 22.1. The van der Waals surface area contributed by atoms with Crippen LogP contribution < -0.4 is 25.0 Å². The van der Waals surface area contributed by atoms with Gasteiger partial charge in [0.1, 0.15) is 5.82 Å². The minimum atomic E-state index is -0.351. The number of aromatic nitrogens is 1. The SMILES string of the molecule is CCOc1ccc(C(=O)NCC(=O)NCc2ccc(N3CCCC3)nc2)cc1OCC. The number of benzene rings is 1. The van der Waals surface area contributed by atoms with Crippen LogP contribution in [-0.2, 0) is 11.3 Å². The molecule has 0 atom stereocenters. The predicted octanol–water partition coefficient (Wildman–Crippen LogP) is 2.53. The number of hydrogen-bond acceptors (Lipinski definition) is 6. The first-order valence-electron chi connectivity index (χ1n) is 10.7. The highest BCUT2D eigenvalue weighted by Crippen LogP contribution is 2.28. The van der Waals surface area contributed by atoms with E-state index >= 15 is 0 Å². The number of carbonyl (C=O) groups excluding carboxylic acids is 2. The van der Waals surface area contributed by atoms with Crippen molar-refractivity contribution in [2.75, 3.05) is 37.7 Å². The Morgan fingerprint density at radius 1 is 1.00 bits per heavy atom. The highest BCUT2D eigenvalue weighted by atomic mass is 16.5. The van der Waals surface area contributed by atoms with Crippen molar-refractivity contribution in [1.82, 2.24) is 15.6 Å². The van der Waals surface area contributed by atoms with Gasteiger partial charge in [0.25, 0.3) is 5.91 Å². The molecule has 0 spiro atoms. The summed E-state index contributed by atoms with van der Waals surface area (Å²) in [7, 11) is 0. The van der Waals surface area contributed by atoms with Crippen LogP contribution in [0.15, 0.2) is 36.5 Å². The topological polar surface area (TPSA) is 92.8 Å². The van der Waals surface area contributed by atoms with Crippen molar-refractivity contribution >= 4 is 17.6 Å². The number of nitrogens with zero attached hydrogens (tertiary/aromatic N) is 2. The molecule has 8 nitrogen and oxygen atoms in total. The first kappa shape index (κ1) is 22.4. The second kappa shape index (κ2) is 11.2. The lowest BCUT2D eigenvalue weighted by atomic mass is 10.2. The molecule has 166 valence electrons. The molecule has 8 heteroatoms. The molecule has 0 saturated carbocycles. The van der Waals surface area contributed by atoms with Crippen LogP contribution in [0.2, 0.25) is 0 Å². The van der Waals surface area contributed by atoms with Gasteiger partial charge in [-0.2, -0.15) is 0 Å². The maximum absolute atomic E-state index is 12.4. The molecule has 3 rings (SSSR count). The van der Waals surface area contributed by atoms with Crippen LogP contribution in [0, 0.1) is 0 Å². The van der Waals surface area contributed by atoms with E-state index in [0.717, 1.165) is 24.5 Å². The van der Waals surface area contributed by atoms with Gasteiger partial charge < -0.3 is 25.0 Å². The molecule has 2 aromatic rings. The molecule has 1 aliphatic rings. The third kappa shape index (κ3) is 6.34. The minimum absolute atomic E-state index is 0.116. The Hall–Kier alpha value is -3.29. The van der Waals surface area contributed by atoms with Gasteiger partial charge in [-0.25, -0.2) is 4.98 Å². The second-order valence-electron chi connectivity index (χ2n) is 7.21. The van der Waals surface area contributed by atoms with Gasteiger partial charge in [0.15, 0.2) is 11.5 Å². The molecule has 0 bridgehead atoms. The maximum Gasteiger partial charge on any atom is 0.251 e. The van der Waals surface area contributed by atoms with Crippen molar-refractivity contribution < 1.29 is 19.1 Å². The fraction of sp³-hybridized carbons (Fsp3) is 0.435. The van der Waals surface area contributed by atoms with Gasteiger partial charge in [0, 0.05) is 31.4 Å². The molecule has 0 unspecified atom stereocenters. The molecule has 2 N–H and O–H groups in total. The summed E-state index contributed by atoms with van der Waals surface area (Å²) in [6.07, 6.45) is 4.19. The molecule has 1 aliphatic heterocycles. The van der Waals surface area contributed by atoms with Crippen molar-refractivity contribution in [2.45, 2.75) is 33.2 Å². The smallest absolute Gasteiger partial charge is 0.251 e. The van der Waals surface area contributed by atoms with Gasteiger partial charge in [-0.15, -0.1) is 0 Å². The van der Waals surface area contributed by atoms with Gasteiger partial charge in [-0.3, -0.25) is 9.59 Å². The van der Waals surface area contributed by atoms with Gasteiger partial charge in [-0.05, 0) is 56.5 Å². The number of anilines is 1. The van der Waals surface area contributed by atoms with Crippen molar-refractivity contribution in [2.24, 2.45) is 0 Å². The number of rotatable bonds is 10. The van der Waals surface area contributed by atoms with Crippen LogP contribution in [0.4, 0.5) is 5.82 Å². The van der Waals surface area contributed by atoms with Gasteiger partial charge in [0.05, 0.1) is 19.8 Å². The summed E-state index contributed by atoms with van der Waals surface area (Å²) in [5.74, 6) is 1.44. The molecule has 0 aliphatic carbocycles. The first-order valence-corrected chi connectivity index (χ1v) is 10.7. The quantitative estimate of drug-likeness (QED) is 0.607. The van der Waals surface area contributed by atoms with E-state index in [1.54, 1.807) is 24.4 Å². The van der Waals surface area contributed by atoms with Crippen LogP contribution in [0.3, 0.4) is 0 Å². The molecule has 2 heterocycles. The Balaban J connectivity index is 1.46. The van der Waals surface area contributed by atoms with E-state index in [1.807, 2.05) is 26.0 Å². The molecule has 1 aromatic heterocycles. The predicted molar refractivity (Wildman–Crippen MR) is 119 cm³/mol. The monoisotopic (exact) mass is 426 g/mol. The standard InChI is InChI=1S/C23H30N4O4/c1-3-30-19-9-8-18(13-20(19)31-4-2)23(29)26-16-22(28)25-15-17-7-10-21(24-14-17)27-11-5-6-12-27/h7-10,13-14H,3-6,11-12,15-16H2,1-2H3,(H,25,28)(H,26,29). The van der Waals surface area contributed by atoms with E-state index in [-0.39, 0.29) is 18.4 Å². The van der Waals surface area contributed by atoms with Gasteiger partial charge >= 0.3 is 0 Å². The molecule has 1 fully saturated rings. The number of amides is 2. The average molecular weight is 427 g/mol. The summed E-state index contributed by atoms with van der Waals surface area (Å²) in [6, 6.07) is 8.91. The van der Waals surface area contributed by atoms with Crippen LogP contribution in [0.25, 0.3) is 0 Å². The van der Waals surface area contributed by atoms with Crippen molar-refractivity contribution in [3.8, 4) is 11.5 Å². The third-order valence-corrected chi connectivity index (χ3v) is 4.94. The normalized spacial score (nSPS) is 13.0. The minimum Gasteiger partial charge on any atom is -0.490 e. The number of ether oxygens (including phenoxy) is 2. The second-order valence-corrected chi connectivity index (χ2v) is 7.21. The largest absolute Gasteiger partial charge is 0.490 e. The van der Waals surface area contributed by atoms with Crippen molar-refractivity contribution in [3.63, 3.8) is 0 Å². The Morgan fingerprint density at radius 2 is 1.74 bits per heavy atom. The lowest BCUT2D eigenvalue weighted by molar-refractivity contribution is -0.120. The van der Waals surface area contributed by atoms with Crippen LogP contribution in [0.5, 0.6) is 11.5 Å². The molecular weight excluding hydrogens is 396 g/mol. The van der Waals surface area contributed by atoms with Crippen molar-refractivity contribution in [1.29, 1.82) is 0 Å². The lowest BCUT2D eigenvalue weighted by Crippen LogP contribution is -2.36. The Labute approximate surface area is 182 Å². The fourth-order valence-electron chi connectivity index (χ4n) is 3.37. The van der Waals surface area contributed by atoms with E-state index in [1.165, 1.54) is 12.8 Å². The van der Waals surface area contributed by atoms with E-state index in [4.69, 9.17) is 9.47 Å². The Bertz CT molecular complexity index is 880.